The molecule has 4 heteroatoms. The molecule has 1 amide bonds. The maximum atomic E-state index is 12.6. The number of carbonyl (C=O) groups is 1. The fourth-order valence-corrected chi connectivity index (χ4v) is 3.04. The van der Waals surface area contributed by atoms with Crippen molar-refractivity contribution in [3.63, 3.8) is 0 Å². The van der Waals surface area contributed by atoms with Crippen LogP contribution in [0.15, 0.2) is 78.9 Å². The molecule has 4 nitrogen and oxygen atoms in total. The Hall–Kier alpha value is -3.58. The first-order valence-electron chi connectivity index (χ1n) is 9.17. The Morgan fingerprint density at radius 2 is 1.61 bits per heavy atom. The van der Waals surface area contributed by atoms with Gasteiger partial charge in [-0.2, -0.15) is 5.26 Å². The molecule has 0 radical (unpaired) electrons. The predicted octanol–water partition coefficient (Wildman–Crippen LogP) is 4.41. The van der Waals surface area contributed by atoms with Crippen LogP contribution in [0.2, 0.25) is 0 Å². The van der Waals surface area contributed by atoms with E-state index in [0.717, 1.165) is 22.4 Å². The van der Waals surface area contributed by atoms with E-state index < -0.39 is 0 Å². The van der Waals surface area contributed by atoms with Gasteiger partial charge in [-0.1, -0.05) is 54.6 Å². The molecule has 0 heterocycles. The number of rotatable bonds is 7. The van der Waals surface area contributed by atoms with E-state index in [1.807, 2.05) is 66.7 Å². The van der Waals surface area contributed by atoms with Crippen LogP contribution in [0.4, 0.5) is 0 Å². The summed E-state index contributed by atoms with van der Waals surface area (Å²) in [5.41, 5.74) is 3.69. The lowest BCUT2D eigenvalue weighted by Gasteiger charge is -2.20. The van der Waals surface area contributed by atoms with E-state index in [0.29, 0.717) is 18.4 Å². The Morgan fingerprint density at radius 1 is 0.964 bits per heavy atom. The van der Waals surface area contributed by atoms with Gasteiger partial charge in [0.25, 0.3) is 0 Å². The minimum Gasteiger partial charge on any atom is -0.497 e. The molecule has 0 aliphatic carbocycles. The van der Waals surface area contributed by atoms with Crippen LogP contribution in [0.25, 0.3) is 0 Å². The standard InChI is InChI=1S/C24H22N2O2/c1-28-22-14-12-21(13-15-22)24(20-5-3-2-4-6-20)26-23(27)16-11-18-7-9-19(17-25)10-8-18/h2-10,12-15,24H,11,16H2,1H3,(H,26,27). The summed E-state index contributed by atoms with van der Waals surface area (Å²) in [6.45, 7) is 0. The summed E-state index contributed by atoms with van der Waals surface area (Å²) in [6, 6.07) is 26.9. The van der Waals surface area contributed by atoms with Gasteiger partial charge in [0.15, 0.2) is 0 Å². The van der Waals surface area contributed by atoms with Gasteiger partial charge in [-0.05, 0) is 47.4 Å². The first-order chi connectivity index (χ1) is 13.7. The minimum atomic E-state index is -0.222. The van der Waals surface area contributed by atoms with Gasteiger partial charge < -0.3 is 10.1 Å². The van der Waals surface area contributed by atoms with E-state index in [1.54, 1.807) is 19.2 Å². The molecular formula is C24H22N2O2. The molecule has 0 bridgehead atoms. The topological polar surface area (TPSA) is 62.1 Å². The van der Waals surface area contributed by atoms with Crippen molar-refractivity contribution < 1.29 is 9.53 Å². The van der Waals surface area contributed by atoms with E-state index in [1.165, 1.54) is 0 Å². The molecule has 0 saturated heterocycles. The van der Waals surface area contributed by atoms with Crippen molar-refractivity contribution in [1.82, 2.24) is 5.32 Å². The predicted molar refractivity (Wildman–Crippen MR) is 109 cm³/mol. The summed E-state index contributed by atoms with van der Waals surface area (Å²) in [5.74, 6) is 0.761. The molecule has 28 heavy (non-hydrogen) atoms. The van der Waals surface area contributed by atoms with Gasteiger partial charge in [0, 0.05) is 6.42 Å². The van der Waals surface area contributed by atoms with Crippen molar-refractivity contribution in [2.45, 2.75) is 18.9 Å². The van der Waals surface area contributed by atoms with Crippen molar-refractivity contribution in [3.05, 3.63) is 101 Å². The van der Waals surface area contributed by atoms with Crippen LogP contribution in [0.5, 0.6) is 5.75 Å². The van der Waals surface area contributed by atoms with E-state index in [2.05, 4.69) is 11.4 Å². The fourth-order valence-electron chi connectivity index (χ4n) is 3.04. The first-order valence-corrected chi connectivity index (χ1v) is 9.17. The lowest BCUT2D eigenvalue weighted by Crippen LogP contribution is -2.29. The number of nitrogens with zero attached hydrogens (tertiary/aromatic N) is 1. The first kappa shape index (κ1) is 19.2. The van der Waals surface area contributed by atoms with E-state index in [9.17, 15) is 4.79 Å². The average Bonchev–Trinajstić information content (AvgIpc) is 2.77. The molecule has 0 spiro atoms. The Bertz CT molecular complexity index is 943. The molecule has 0 aliphatic heterocycles. The second-order valence-electron chi connectivity index (χ2n) is 6.49. The Kier molecular flexibility index (Phi) is 6.43. The second kappa shape index (κ2) is 9.38. The monoisotopic (exact) mass is 370 g/mol. The second-order valence-corrected chi connectivity index (χ2v) is 6.49. The summed E-state index contributed by atoms with van der Waals surface area (Å²) in [4.78, 5) is 12.6. The quantitative estimate of drug-likeness (QED) is 0.670. The molecule has 3 aromatic rings. The van der Waals surface area contributed by atoms with Gasteiger partial charge in [-0.3, -0.25) is 4.79 Å². The smallest absolute Gasteiger partial charge is 0.221 e. The van der Waals surface area contributed by atoms with Crippen molar-refractivity contribution >= 4 is 5.91 Å². The molecule has 140 valence electrons. The van der Waals surface area contributed by atoms with Gasteiger partial charge in [-0.15, -0.1) is 0 Å². The van der Waals surface area contributed by atoms with Crippen molar-refractivity contribution in [1.29, 1.82) is 5.26 Å². The van der Waals surface area contributed by atoms with Gasteiger partial charge >= 0.3 is 0 Å². The highest BCUT2D eigenvalue weighted by molar-refractivity contribution is 5.77. The molecular weight excluding hydrogens is 348 g/mol. The molecule has 1 unspecified atom stereocenters. The molecule has 0 aliphatic rings. The SMILES string of the molecule is COc1ccc(C(NC(=O)CCc2ccc(C#N)cc2)c2ccccc2)cc1. The van der Waals surface area contributed by atoms with Crippen molar-refractivity contribution in [3.8, 4) is 11.8 Å². The molecule has 0 saturated carbocycles. The van der Waals surface area contributed by atoms with Gasteiger partial charge in [0.05, 0.1) is 24.8 Å². The van der Waals surface area contributed by atoms with Crippen LogP contribution in [-0.2, 0) is 11.2 Å². The van der Waals surface area contributed by atoms with Gasteiger partial charge in [0.1, 0.15) is 5.75 Å². The van der Waals surface area contributed by atoms with Crippen molar-refractivity contribution in [2.24, 2.45) is 0 Å². The van der Waals surface area contributed by atoms with E-state index >= 15 is 0 Å². The van der Waals surface area contributed by atoms with Crippen LogP contribution in [0, 0.1) is 11.3 Å². The molecule has 3 aromatic carbocycles. The third-order valence-electron chi connectivity index (χ3n) is 4.61. The number of methoxy groups -OCH3 is 1. The molecule has 1 N–H and O–H groups in total. The number of ether oxygens (including phenoxy) is 1. The summed E-state index contributed by atoms with van der Waals surface area (Å²) in [6.07, 6.45) is 1.01. The van der Waals surface area contributed by atoms with Crippen LogP contribution in [-0.4, -0.2) is 13.0 Å². The maximum Gasteiger partial charge on any atom is 0.221 e. The number of amides is 1. The highest BCUT2D eigenvalue weighted by atomic mass is 16.5. The number of nitrogens with one attached hydrogen (secondary N) is 1. The number of benzene rings is 3. The highest BCUT2D eigenvalue weighted by Gasteiger charge is 2.17. The molecule has 0 aromatic heterocycles. The maximum absolute atomic E-state index is 12.6. The van der Waals surface area contributed by atoms with Crippen LogP contribution >= 0.6 is 0 Å². The lowest BCUT2D eigenvalue weighted by atomic mass is 9.98. The zero-order valence-electron chi connectivity index (χ0n) is 15.8. The molecule has 1 atom stereocenters. The average molecular weight is 370 g/mol. The normalized spacial score (nSPS) is 11.3. The Balaban J connectivity index is 1.71. The molecule has 0 fully saturated rings. The zero-order chi connectivity index (χ0) is 19.8. The third-order valence-corrected chi connectivity index (χ3v) is 4.61. The third kappa shape index (κ3) is 4.99. The number of hydrogen-bond acceptors (Lipinski definition) is 3. The largest absolute Gasteiger partial charge is 0.497 e. The fraction of sp³-hybridized carbons (Fsp3) is 0.167. The van der Waals surface area contributed by atoms with Gasteiger partial charge in [-0.25, -0.2) is 0 Å². The minimum absolute atomic E-state index is 0.0194. The molecule has 3 rings (SSSR count). The Morgan fingerprint density at radius 3 is 2.21 bits per heavy atom. The number of aryl methyl sites for hydroxylation is 1. The van der Waals surface area contributed by atoms with Crippen LogP contribution in [0.1, 0.15) is 34.7 Å². The highest BCUT2D eigenvalue weighted by Crippen LogP contribution is 2.24. The number of nitriles is 1. The zero-order valence-corrected chi connectivity index (χ0v) is 15.8. The van der Waals surface area contributed by atoms with Crippen LogP contribution in [0.3, 0.4) is 0 Å². The summed E-state index contributed by atoms with van der Waals surface area (Å²) < 4.78 is 5.23. The summed E-state index contributed by atoms with van der Waals surface area (Å²) in [7, 11) is 1.63. The van der Waals surface area contributed by atoms with Gasteiger partial charge in [0.2, 0.25) is 5.91 Å². The van der Waals surface area contributed by atoms with Crippen molar-refractivity contribution in [2.75, 3.05) is 7.11 Å². The lowest BCUT2D eigenvalue weighted by molar-refractivity contribution is -0.121. The number of hydrogen-bond donors (Lipinski definition) is 1. The summed E-state index contributed by atoms with van der Waals surface area (Å²) >= 11 is 0. The summed E-state index contributed by atoms with van der Waals surface area (Å²) in [5, 5.41) is 12.0. The van der Waals surface area contributed by atoms with Crippen LogP contribution < -0.4 is 10.1 Å². The number of carbonyl (C=O) groups excluding carboxylic acids is 1. The van der Waals surface area contributed by atoms with E-state index in [4.69, 9.17) is 10.00 Å². The Labute approximate surface area is 165 Å². The van der Waals surface area contributed by atoms with E-state index in [-0.39, 0.29) is 11.9 Å².